The van der Waals surface area contributed by atoms with Crippen LogP contribution in [0.15, 0.2) is 48.5 Å². The zero-order valence-corrected chi connectivity index (χ0v) is 15.4. The molecule has 0 aliphatic heterocycles. The largest absolute Gasteiger partial charge is 0.497 e. The van der Waals surface area contributed by atoms with Gasteiger partial charge in [-0.15, -0.1) is 0 Å². The van der Waals surface area contributed by atoms with E-state index in [0.29, 0.717) is 29.2 Å². The topological polar surface area (TPSA) is 38.8 Å². The number of methoxy groups -OCH3 is 1. The van der Waals surface area contributed by atoms with Crippen LogP contribution in [0.5, 0.6) is 11.5 Å². The van der Waals surface area contributed by atoms with Crippen LogP contribution in [0.25, 0.3) is 6.08 Å². The van der Waals surface area contributed by atoms with Crippen molar-refractivity contribution in [1.82, 2.24) is 4.90 Å². The monoisotopic (exact) mass is 357 g/mol. The molecule has 0 amide bonds. The van der Waals surface area contributed by atoms with Crippen molar-refractivity contribution in [3.05, 3.63) is 65.5 Å². The average Bonchev–Trinajstić information content (AvgIpc) is 2.64. The van der Waals surface area contributed by atoms with Crippen molar-refractivity contribution in [2.24, 2.45) is 0 Å². The average molecular weight is 357 g/mol. The standard InChI is InChI=1S/C21H24FNO3/c1-23(2)12-5-13-26-19-7-4-6-17(14-19)21(24)11-9-16-8-10-18(25-3)15-20(16)22/h4,6-11,14-15H,5,12-13H2,1-3H3/b11-9+. The summed E-state index contributed by atoms with van der Waals surface area (Å²) in [5.74, 6) is 0.439. The van der Waals surface area contributed by atoms with E-state index in [-0.39, 0.29) is 5.78 Å². The van der Waals surface area contributed by atoms with E-state index < -0.39 is 5.82 Å². The summed E-state index contributed by atoms with van der Waals surface area (Å²) in [6, 6.07) is 11.5. The van der Waals surface area contributed by atoms with Gasteiger partial charge in [-0.25, -0.2) is 4.39 Å². The summed E-state index contributed by atoms with van der Waals surface area (Å²) >= 11 is 0. The van der Waals surface area contributed by atoms with Crippen LogP contribution < -0.4 is 9.47 Å². The molecular weight excluding hydrogens is 333 g/mol. The van der Waals surface area contributed by atoms with Crippen molar-refractivity contribution in [3.8, 4) is 11.5 Å². The molecule has 0 aliphatic carbocycles. The highest BCUT2D eigenvalue weighted by molar-refractivity contribution is 6.07. The van der Waals surface area contributed by atoms with E-state index in [1.807, 2.05) is 20.2 Å². The number of halogens is 1. The van der Waals surface area contributed by atoms with E-state index >= 15 is 0 Å². The minimum Gasteiger partial charge on any atom is -0.497 e. The predicted octanol–water partition coefficient (Wildman–Crippen LogP) is 4.06. The Balaban J connectivity index is 1.99. The first-order chi connectivity index (χ1) is 12.5. The highest BCUT2D eigenvalue weighted by Crippen LogP contribution is 2.18. The Morgan fingerprint density at radius 2 is 1.96 bits per heavy atom. The van der Waals surface area contributed by atoms with Gasteiger partial charge < -0.3 is 14.4 Å². The molecule has 0 heterocycles. The van der Waals surface area contributed by atoms with Crippen LogP contribution >= 0.6 is 0 Å². The number of rotatable bonds is 9. The van der Waals surface area contributed by atoms with Crippen molar-refractivity contribution in [2.75, 3.05) is 34.4 Å². The predicted molar refractivity (Wildman–Crippen MR) is 101 cm³/mol. The van der Waals surface area contributed by atoms with Crippen molar-refractivity contribution >= 4 is 11.9 Å². The smallest absolute Gasteiger partial charge is 0.185 e. The molecule has 2 aromatic rings. The van der Waals surface area contributed by atoms with Crippen molar-refractivity contribution in [2.45, 2.75) is 6.42 Å². The molecule has 0 bridgehead atoms. The van der Waals surface area contributed by atoms with Crippen LogP contribution in [0.2, 0.25) is 0 Å². The number of carbonyl (C=O) groups is 1. The van der Waals surface area contributed by atoms with Gasteiger partial charge in [-0.1, -0.05) is 12.1 Å². The molecule has 0 aromatic heterocycles. The Kier molecular flexibility index (Phi) is 7.36. The molecule has 2 rings (SSSR count). The molecule has 0 spiro atoms. The summed E-state index contributed by atoms with van der Waals surface area (Å²) in [5, 5.41) is 0. The fraction of sp³-hybridized carbons (Fsp3) is 0.286. The van der Waals surface area contributed by atoms with Gasteiger partial charge in [0.1, 0.15) is 17.3 Å². The van der Waals surface area contributed by atoms with Crippen LogP contribution in [-0.4, -0.2) is 45.0 Å². The summed E-state index contributed by atoms with van der Waals surface area (Å²) in [6.07, 6.45) is 3.72. The van der Waals surface area contributed by atoms with E-state index in [2.05, 4.69) is 4.90 Å². The highest BCUT2D eigenvalue weighted by atomic mass is 19.1. The Morgan fingerprint density at radius 1 is 1.15 bits per heavy atom. The Labute approximate surface area is 153 Å². The maximum Gasteiger partial charge on any atom is 0.185 e. The SMILES string of the molecule is COc1ccc(/C=C/C(=O)c2cccc(OCCCN(C)C)c2)c(F)c1. The number of ketones is 1. The Hall–Kier alpha value is -2.66. The van der Waals surface area contributed by atoms with E-state index in [0.717, 1.165) is 13.0 Å². The summed E-state index contributed by atoms with van der Waals surface area (Å²) < 4.78 is 24.6. The first-order valence-corrected chi connectivity index (χ1v) is 8.43. The van der Waals surface area contributed by atoms with Gasteiger partial charge in [-0.3, -0.25) is 4.79 Å². The third-order valence-electron chi connectivity index (χ3n) is 3.76. The van der Waals surface area contributed by atoms with Gasteiger partial charge in [0.15, 0.2) is 5.78 Å². The summed E-state index contributed by atoms with van der Waals surface area (Å²) in [4.78, 5) is 14.4. The van der Waals surface area contributed by atoms with Crippen LogP contribution in [0.3, 0.4) is 0 Å². The summed E-state index contributed by atoms with van der Waals surface area (Å²) in [7, 11) is 5.50. The number of hydrogen-bond acceptors (Lipinski definition) is 4. The maximum absolute atomic E-state index is 13.9. The molecule has 0 N–H and O–H groups in total. The van der Waals surface area contributed by atoms with Gasteiger partial charge in [-0.05, 0) is 56.9 Å². The normalized spacial score (nSPS) is 11.1. The second-order valence-electron chi connectivity index (χ2n) is 6.12. The molecule has 26 heavy (non-hydrogen) atoms. The summed E-state index contributed by atoms with van der Waals surface area (Å²) in [6.45, 7) is 1.53. The van der Waals surface area contributed by atoms with Crippen molar-refractivity contribution < 1.29 is 18.7 Å². The van der Waals surface area contributed by atoms with Crippen LogP contribution in [-0.2, 0) is 0 Å². The molecule has 2 aromatic carbocycles. The van der Waals surface area contributed by atoms with Crippen LogP contribution in [0, 0.1) is 5.82 Å². The first-order valence-electron chi connectivity index (χ1n) is 8.43. The van der Waals surface area contributed by atoms with E-state index in [1.165, 1.54) is 25.3 Å². The van der Waals surface area contributed by atoms with Gasteiger partial charge in [0.2, 0.25) is 0 Å². The Morgan fingerprint density at radius 3 is 2.65 bits per heavy atom. The molecule has 138 valence electrons. The fourth-order valence-electron chi connectivity index (χ4n) is 2.34. The second-order valence-corrected chi connectivity index (χ2v) is 6.12. The molecule has 0 fully saturated rings. The second kappa shape index (κ2) is 9.73. The number of carbonyl (C=O) groups excluding carboxylic acids is 1. The zero-order chi connectivity index (χ0) is 18.9. The first kappa shape index (κ1) is 19.7. The molecule has 5 heteroatoms. The van der Waals surface area contributed by atoms with E-state index in [1.54, 1.807) is 30.3 Å². The minimum absolute atomic E-state index is 0.209. The fourth-order valence-corrected chi connectivity index (χ4v) is 2.34. The van der Waals surface area contributed by atoms with Crippen LogP contribution in [0.1, 0.15) is 22.3 Å². The lowest BCUT2D eigenvalue weighted by atomic mass is 10.1. The van der Waals surface area contributed by atoms with Crippen LogP contribution in [0.4, 0.5) is 4.39 Å². The van der Waals surface area contributed by atoms with Gasteiger partial charge in [0.05, 0.1) is 13.7 Å². The molecule has 0 saturated heterocycles. The lowest BCUT2D eigenvalue weighted by molar-refractivity contribution is 0.104. The number of benzene rings is 2. The molecule has 0 unspecified atom stereocenters. The maximum atomic E-state index is 13.9. The lowest BCUT2D eigenvalue weighted by Crippen LogP contribution is -2.15. The van der Waals surface area contributed by atoms with Gasteiger partial charge in [0, 0.05) is 23.7 Å². The third-order valence-corrected chi connectivity index (χ3v) is 3.76. The summed E-state index contributed by atoms with van der Waals surface area (Å²) in [5.41, 5.74) is 0.829. The molecule has 0 saturated carbocycles. The number of hydrogen-bond donors (Lipinski definition) is 0. The molecule has 0 aliphatic rings. The quantitative estimate of drug-likeness (QED) is 0.385. The van der Waals surface area contributed by atoms with Crippen molar-refractivity contribution in [1.29, 1.82) is 0 Å². The lowest BCUT2D eigenvalue weighted by Gasteiger charge is -2.10. The van der Waals surface area contributed by atoms with Gasteiger partial charge in [0.25, 0.3) is 0 Å². The van der Waals surface area contributed by atoms with Gasteiger partial charge >= 0.3 is 0 Å². The van der Waals surface area contributed by atoms with Crippen molar-refractivity contribution in [3.63, 3.8) is 0 Å². The zero-order valence-electron chi connectivity index (χ0n) is 15.4. The van der Waals surface area contributed by atoms with E-state index in [4.69, 9.17) is 9.47 Å². The molecular formula is C21H24FNO3. The number of allylic oxidation sites excluding steroid dienone is 1. The highest BCUT2D eigenvalue weighted by Gasteiger charge is 2.06. The van der Waals surface area contributed by atoms with Gasteiger partial charge in [-0.2, -0.15) is 0 Å². The molecule has 0 atom stereocenters. The minimum atomic E-state index is -0.439. The molecule has 4 nitrogen and oxygen atoms in total. The Bertz CT molecular complexity index is 772. The number of ether oxygens (including phenoxy) is 2. The third kappa shape index (κ3) is 6.01. The molecule has 0 radical (unpaired) electrons. The number of nitrogens with zero attached hydrogens (tertiary/aromatic N) is 1. The van der Waals surface area contributed by atoms with E-state index in [9.17, 15) is 9.18 Å².